The standard InChI is InChI=1S/C30H49NO2/c1-7-8-19-11-16-30(25(32)33)18-17-28(5)20(24(19)30)9-10-22-27(4)14-13-23(31)26(2,3)21(27)12-15-29(22,28)6/h7-8,19-24H,9-18,31H2,1-6H3,(H,32,33)/b8-7+/t19?,20-,21+,22?,23+,24?,27+,28-,29-,30?/m1/s1. The molecule has 3 nitrogen and oxygen atoms in total. The zero-order valence-corrected chi connectivity index (χ0v) is 22.1. The van der Waals surface area contributed by atoms with Crippen molar-refractivity contribution in [3.05, 3.63) is 12.2 Å². The van der Waals surface area contributed by atoms with Crippen molar-refractivity contribution in [3.63, 3.8) is 0 Å². The molecule has 5 rings (SSSR count). The summed E-state index contributed by atoms with van der Waals surface area (Å²) in [5, 5.41) is 10.5. The monoisotopic (exact) mass is 455 g/mol. The van der Waals surface area contributed by atoms with Crippen molar-refractivity contribution < 1.29 is 9.90 Å². The second-order valence-corrected chi connectivity index (χ2v) is 14.4. The molecule has 10 atom stereocenters. The highest BCUT2D eigenvalue weighted by atomic mass is 16.4. The Hall–Kier alpha value is -0.830. The van der Waals surface area contributed by atoms with Crippen molar-refractivity contribution in [3.8, 4) is 0 Å². The summed E-state index contributed by atoms with van der Waals surface area (Å²) in [6, 6.07) is 0.317. The van der Waals surface area contributed by atoms with E-state index >= 15 is 0 Å². The fraction of sp³-hybridized carbons (Fsp3) is 0.900. The third-order valence-corrected chi connectivity index (χ3v) is 13.5. The van der Waals surface area contributed by atoms with Crippen LogP contribution in [0.1, 0.15) is 106 Å². The largest absolute Gasteiger partial charge is 0.481 e. The van der Waals surface area contributed by atoms with Crippen LogP contribution in [0, 0.1) is 56.7 Å². The molecule has 3 N–H and O–H groups in total. The number of carbonyl (C=O) groups is 1. The molecule has 3 heteroatoms. The number of nitrogens with two attached hydrogens (primary N) is 1. The van der Waals surface area contributed by atoms with Gasteiger partial charge in [0.25, 0.3) is 0 Å². The number of fused-ring (bicyclic) bond motifs is 7. The average Bonchev–Trinajstić information content (AvgIpc) is 3.12. The Balaban J connectivity index is 1.56. The number of aliphatic carboxylic acids is 1. The number of carboxylic acid groups (broad SMARTS) is 1. The van der Waals surface area contributed by atoms with Crippen LogP contribution in [0.5, 0.6) is 0 Å². The summed E-state index contributed by atoms with van der Waals surface area (Å²) in [5.41, 5.74) is 7.31. The molecule has 0 heterocycles. The summed E-state index contributed by atoms with van der Waals surface area (Å²) in [6.45, 7) is 14.9. The molecule has 4 unspecified atom stereocenters. The van der Waals surface area contributed by atoms with E-state index in [4.69, 9.17) is 5.73 Å². The van der Waals surface area contributed by atoms with Gasteiger partial charge in [0.1, 0.15) is 0 Å². The van der Waals surface area contributed by atoms with E-state index in [9.17, 15) is 9.90 Å². The van der Waals surface area contributed by atoms with Crippen LogP contribution in [0.2, 0.25) is 0 Å². The van der Waals surface area contributed by atoms with Crippen LogP contribution in [0.3, 0.4) is 0 Å². The van der Waals surface area contributed by atoms with Gasteiger partial charge in [-0.2, -0.15) is 0 Å². The van der Waals surface area contributed by atoms with Gasteiger partial charge in [-0.1, -0.05) is 46.8 Å². The molecule has 0 radical (unpaired) electrons. The van der Waals surface area contributed by atoms with Gasteiger partial charge in [0.2, 0.25) is 0 Å². The van der Waals surface area contributed by atoms with Crippen molar-refractivity contribution in [1.82, 2.24) is 0 Å². The molecular formula is C30H49NO2. The maximum atomic E-state index is 12.8. The van der Waals surface area contributed by atoms with Crippen LogP contribution in [0.15, 0.2) is 12.2 Å². The normalized spacial score (nSPS) is 55.4. The quantitative estimate of drug-likeness (QED) is 0.438. The maximum absolute atomic E-state index is 12.8. The third-order valence-electron chi connectivity index (χ3n) is 13.5. The van der Waals surface area contributed by atoms with Gasteiger partial charge in [-0.15, -0.1) is 0 Å². The van der Waals surface area contributed by atoms with Crippen LogP contribution in [0.25, 0.3) is 0 Å². The molecule has 0 aliphatic heterocycles. The van der Waals surface area contributed by atoms with E-state index in [1.165, 1.54) is 32.1 Å². The summed E-state index contributed by atoms with van der Waals surface area (Å²) >= 11 is 0. The summed E-state index contributed by atoms with van der Waals surface area (Å²) < 4.78 is 0. The lowest BCUT2D eigenvalue weighted by molar-refractivity contribution is -0.239. The molecule has 0 aromatic rings. The van der Waals surface area contributed by atoms with Gasteiger partial charge in [-0.25, -0.2) is 0 Å². The molecule has 5 fully saturated rings. The molecule has 33 heavy (non-hydrogen) atoms. The first-order chi connectivity index (χ1) is 15.4. The molecule has 186 valence electrons. The lowest BCUT2D eigenvalue weighted by Gasteiger charge is -2.72. The Kier molecular flexibility index (Phi) is 5.31. The molecule has 0 amide bonds. The van der Waals surface area contributed by atoms with Gasteiger partial charge in [0.15, 0.2) is 0 Å². The van der Waals surface area contributed by atoms with E-state index in [2.05, 4.69) is 53.7 Å². The minimum atomic E-state index is -0.507. The fourth-order valence-corrected chi connectivity index (χ4v) is 11.5. The van der Waals surface area contributed by atoms with Crippen LogP contribution in [0.4, 0.5) is 0 Å². The van der Waals surface area contributed by atoms with Crippen LogP contribution >= 0.6 is 0 Å². The zero-order chi connectivity index (χ0) is 24.0. The van der Waals surface area contributed by atoms with Crippen molar-refractivity contribution in [2.75, 3.05) is 0 Å². The smallest absolute Gasteiger partial charge is 0.309 e. The lowest BCUT2D eigenvalue weighted by Crippen LogP contribution is -2.67. The van der Waals surface area contributed by atoms with E-state index in [1.54, 1.807) is 0 Å². The summed E-state index contributed by atoms with van der Waals surface area (Å²) in [5.74, 6) is 2.21. The van der Waals surface area contributed by atoms with Crippen LogP contribution in [-0.2, 0) is 4.79 Å². The zero-order valence-electron chi connectivity index (χ0n) is 22.1. The Morgan fingerprint density at radius 3 is 2.24 bits per heavy atom. The number of carboxylic acids is 1. The van der Waals surface area contributed by atoms with E-state index in [-0.39, 0.29) is 10.8 Å². The van der Waals surface area contributed by atoms with Gasteiger partial charge in [-0.05, 0) is 122 Å². The van der Waals surface area contributed by atoms with Crippen molar-refractivity contribution in [1.29, 1.82) is 0 Å². The van der Waals surface area contributed by atoms with Crippen LogP contribution in [-0.4, -0.2) is 17.1 Å². The lowest BCUT2D eigenvalue weighted by atomic mass is 9.32. The minimum absolute atomic E-state index is 0.208. The number of allylic oxidation sites excluding steroid dienone is 2. The van der Waals surface area contributed by atoms with Gasteiger partial charge < -0.3 is 10.8 Å². The summed E-state index contributed by atoms with van der Waals surface area (Å²) in [6.07, 6.45) is 16.0. The predicted molar refractivity (Wildman–Crippen MR) is 135 cm³/mol. The first kappa shape index (κ1) is 23.9. The molecule has 0 aromatic carbocycles. The van der Waals surface area contributed by atoms with Crippen molar-refractivity contribution >= 4 is 5.97 Å². The highest BCUT2D eigenvalue weighted by Gasteiger charge is 2.71. The Labute approximate surface area is 202 Å². The Bertz CT molecular complexity index is 848. The molecule has 5 aliphatic rings. The number of hydrogen-bond acceptors (Lipinski definition) is 2. The third kappa shape index (κ3) is 2.81. The molecule has 0 spiro atoms. The first-order valence-electron chi connectivity index (χ1n) is 14.0. The van der Waals surface area contributed by atoms with E-state index in [0.29, 0.717) is 40.5 Å². The van der Waals surface area contributed by atoms with Crippen LogP contribution < -0.4 is 5.73 Å². The minimum Gasteiger partial charge on any atom is -0.481 e. The van der Waals surface area contributed by atoms with E-state index in [0.717, 1.165) is 38.0 Å². The second-order valence-electron chi connectivity index (χ2n) is 14.4. The highest BCUT2D eigenvalue weighted by molar-refractivity contribution is 5.76. The van der Waals surface area contributed by atoms with Gasteiger partial charge in [-0.3, -0.25) is 4.79 Å². The topological polar surface area (TPSA) is 63.3 Å². The maximum Gasteiger partial charge on any atom is 0.309 e. The van der Waals surface area contributed by atoms with E-state index in [1.807, 2.05) is 0 Å². The number of rotatable bonds is 2. The predicted octanol–water partition coefficient (Wildman–Crippen LogP) is 7.06. The average molecular weight is 456 g/mol. The van der Waals surface area contributed by atoms with Crippen molar-refractivity contribution in [2.24, 2.45) is 62.4 Å². The molecular weight excluding hydrogens is 406 g/mol. The Morgan fingerprint density at radius 1 is 0.848 bits per heavy atom. The molecule has 0 aromatic heterocycles. The molecule has 0 bridgehead atoms. The molecule has 0 saturated heterocycles. The Morgan fingerprint density at radius 2 is 1.58 bits per heavy atom. The summed E-state index contributed by atoms with van der Waals surface area (Å²) in [4.78, 5) is 12.8. The van der Waals surface area contributed by atoms with Crippen molar-refractivity contribution in [2.45, 2.75) is 112 Å². The van der Waals surface area contributed by atoms with Gasteiger partial charge >= 0.3 is 5.97 Å². The first-order valence-corrected chi connectivity index (χ1v) is 14.0. The summed E-state index contributed by atoms with van der Waals surface area (Å²) in [7, 11) is 0. The van der Waals surface area contributed by atoms with Gasteiger partial charge in [0, 0.05) is 6.04 Å². The second kappa shape index (κ2) is 7.34. The van der Waals surface area contributed by atoms with E-state index < -0.39 is 11.4 Å². The molecule has 5 saturated carbocycles. The SMILES string of the molecule is C/C=C/C1CCC2(C(=O)O)CC[C@]3(C)[C@H](CCC4[C@@]5(C)CC[C@H](N)C(C)(C)[C@@H]5CC[C@]43C)C12. The van der Waals surface area contributed by atoms with Gasteiger partial charge in [0.05, 0.1) is 5.41 Å². The highest BCUT2D eigenvalue weighted by Crippen LogP contribution is 2.77. The fourth-order valence-electron chi connectivity index (χ4n) is 11.5. The number of hydrogen-bond donors (Lipinski definition) is 2. The molecule has 5 aliphatic carbocycles.